The second-order valence-corrected chi connectivity index (χ2v) is 6.62. The van der Waals surface area contributed by atoms with Crippen molar-refractivity contribution in [3.8, 4) is 0 Å². The van der Waals surface area contributed by atoms with Crippen LogP contribution in [0.1, 0.15) is 23.2 Å². The van der Waals surface area contributed by atoms with Gasteiger partial charge in [0.1, 0.15) is 0 Å². The zero-order valence-electron chi connectivity index (χ0n) is 11.7. The minimum atomic E-state index is -0.760. The van der Waals surface area contributed by atoms with E-state index in [-0.39, 0.29) is 5.91 Å². The molecule has 2 aromatic rings. The van der Waals surface area contributed by atoms with E-state index in [0.717, 1.165) is 35.3 Å². The summed E-state index contributed by atoms with van der Waals surface area (Å²) < 4.78 is 0. The third-order valence-electron chi connectivity index (χ3n) is 3.89. The number of hydrogen-bond donors (Lipinski definition) is 2. The Bertz CT molecular complexity index is 648. The zero-order chi connectivity index (χ0) is 14.7. The van der Waals surface area contributed by atoms with E-state index in [0.29, 0.717) is 12.1 Å². The Hall–Kier alpha value is -1.59. The van der Waals surface area contributed by atoms with Crippen LogP contribution in [0.2, 0.25) is 0 Å². The number of pyridine rings is 1. The highest BCUT2D eigenvalue weighted by molar-refractivity contribution is 7.99. The van der Waals surface area contributed by atoms with Crippen LogP contribution < -0.4 is 5.32 Å². The van der Waals surface area contributed by atoms with Gasteiger partial charge in [-0.3, -0.25) is 9.78 Å². The fraction of sp³-hybridized carbons (Fsp3) is 0.375. The number of thioether (sulfide) groups is 1. The number of carbonyl (C=O) groups excluding carboxylic acids is 1. The van der Waals surface area contributed by atoms with Gasteiger partial charge in [0.15, 0.2) is 0 Å². The number of aliphatic hydroxyl groups is 1. The van der Waals surface area contributed by atoms with Crippen molar-refractivity contribution in [2.75, 3.05) is 18.1 Å². The fourth-order valence-corrected chi connectivity index (χ4v) is 3.82. The van der Waals surface area contributed by atoms with Gasteiger partial charge in [0.2, 0.25) is 0 Å². The van der Waals surface area contributed by atoms with Crippen molar-refractivity contribution in [2.45, 2.75) is 18.4 Å². The summed E-state index contributed by atoms with van der Waals surface area (Å²) in [4.78, 5) is 16.6. The number of nitrogens with one attached hydrogen (secondary N) is 1. The van der Waals surface area contributed by atoms with E-state index >= 15 is 0 Å². The summed E-state index contributed by atoms with van der Waals surface area (Å²) in [5, 5.41) is 14.2. The molecule has 5 heteroatoms. The lowest BCUT2D eigenvalue weighted by atomic mass is 9.96. The predicted molar refractivity (Wildman–Crippen MR) is 85.6 cm³/mol. The van der Waals surface area contributed by atoms with E-state index in [2.05, 4.69) is 10.3 Å². The van der Waals surface area contributed by atoms with Gasteiger partial charge >= 0.3 is 0 Å². The number of hydrogen-bond acceptors (Lipinski definition) is 4. The monoisotopic (exact) mass is 302 g/mol. The first-order valence-electron chi connectivity index (χ1n) is 7.10. The average Bonchev–Trinajstić information content (AvgIpc) is 2.53. The first-order valence-corrected chi connectivity index (χ1v) is 8.26. The second-order valence-electron chi connectivity index (χ2n) is 5.40. The van der Waals surface area contributed by atoms with Gasteiger partial charge < -0.3 is 10.4 Å². The quantitative estimate of drug-likeness (QED) is 0.912. The van der Waals surface area contributed by atoms with Gasteiger partial charge in [-0.2, -0.15) is 11.8 Å². The molecule has 0 radical (unpaired) electrons. The molecule has 1 aliphatic rings. The van der Waals surface area contributed by atoms with Gasteiger partial charge in [-0.15, -0.1) is 0 Å². The molecule has 4 nitrogen and oxygen atoms in total. The van der Waals surface area contributed by atoms with Crippen molar-refractivity contribution in [3.05, 3.63) is 42.1 Å². The number of rotatable bonds is 3. The van der Waals surface area contributed by atoms with Crippen molar-refractivity contribution in [1.29, 1.82) is 0 Å². The molecule has 0 aliphatic carbocycles. The summed E-state index contributed by atoms with van der Waals surface area (Å²) in [5.74, 6) is 1.75. The highest BCUT2D eigenvalue weighted by Gasteiger charge is 2.30. The number of amides is 1. The van der Waals surface area contributed by atoms with Crippen molar-refractivity contribution in [1.82, 2.24) is 10.3 Å². The van der Waals surface area contributed by atoms with Gasteiger partial charge in [0.05, 0.1) is 11.1 Å². The minimum Gasteiger partial charge on any atom is -0.388 e. The highest BCUT2D eigenvalue weighted by atomic mass is 32.2. The van der Waals surface area contributed by atoms with Crippen LogP contribution in [-0.4, -0.2) is 39.6 Å². The van der Waals surface area contributed by atoms with Gasteiger partial charge in [0, 0.05) is 23.7 Å². The van der Waals surface area contributed by atoms with Crippen LogP contribution in [0.3, 0.4) is 0 Å². The smallest absolute Gasteiger partial charge is 0.252 e. The number of nitrogens with zero attached hydrogens (tertiary/aromatic N) is 1. The Kier molecular flexibility index (Phi) is 4.12. The predicted octanol–water partition coefficient (Wildman–Crippen LogP) is 2.22. The first kappa shape index (κ1) is 14.4. The van der Waals surface area contributed by atoms with E-state index in [9.17, 15) is 9.90 Å². The number of aromatic nitrogens is 1. The molecule has 1 aromatic heterocycles. The molecule has 0 bridgehead atoms. The van der Waals surface area contributed by atoms with Crippen molar-refractivity contribution >= 4 is 28.6 Å². The average molecular weight is 302 g/mol. The van der Waals surface area contributed by atoms with Gasteiger partial charge in [-0.1, -0.05) is 12.1 Å². The maximum absolute atomic E-state index is 12.4. The van der Waals surface area contributed by atoms with Crippen LogP contribution in [0.4, 0.5) is 0 Å². The normalized spacial score (nSPS) is 17.6. The molecule has 1 fully saturated rings. The molecule has 1 aliphatic heterocycles. The fourth-order valence-electron chi connectivity index (χ4n) is 2.57. The molecule has 2 N–H and O–H groups in total. The SMILES string of the molecule is O=C(NCC1(O)CCSCC1)c1cccc2ncccc12. The Morgan fingerprint density at radius 3 is 2.90 bits per heavy atom. The van der Waals surface area contributed by atoms with Crippen LogP contribution >= 0.6 is 11.8 Å². The molecule has 110 valence electrons. The molecular weight excluding hydrogens is 284 g/mol. The van der Waals surface area contributed by atoms with Crippen molar-refractivity contribution in [3.63, 3.8) is 0 Å². The Morgan fingerprint density at radius 1 is 1.29 bits per heavy atom. The molecule has 21 heavy (non-hydrogen) atoms. The molecule has 1 amide bonds. The van der Waals surface area contributed by atoms with Crippen molar-refractivity contribution in [2.24, 2.45) is 0 Å². The minimum absolute atomic E-state index is 0.153. The molecule has 0 unspecified atom stereocenters. The summed E-state index contributed by atoms with van der Waals surface area (Å²) in [6.45, 7) is 0.309. The second kappa shape index (κ2) is 6.03. The summed E-state index contributed by atoms with van der Waals surface area (Å²) in [6, 6.07) is 9.22. The standard InChI is InChI=1S/C16H18N2O2S/c19-15(18-11-16(20)6-9-21-10-7-16)13-3-1-5-14-12(13)4-2-8-17-14/h1-5,8,20H,6-7,9-11H2,(H,18,19). The molecule has 2 heterocycles. The maximum Gasteiger partial charge on any atom is 0.252 e. The number of fused-ring (bicyclic) bond motifs is 1. The topological polar surface area (TPSA) is 62.2 Å². The van der Waals surface area contributed by atoms with E-state index < -0.39 is 5.60 Å². The zero-order valence-corrected chi connectivity index (χ0v) is 12.5. The largest absolute Gasteiger partial charge is 0.388 e. The Balaban J connectivity index is 1.75. The third-order valence-corrected chi connectivity index (χ3v) is 4.88. The van der Waals surface area contributed by atoms with E-state index in [1.807, 2.05) is 36.0 Å². The highest BCUT2D eigenvalue weighted by Crippen LogP contribution is 2.26. The lowest BCUT2D eigenvalue weighted by Gasteiger charge is -2.31. The summed E-state index contributed by atoms with van der Waals surface area (Å²) >= 11 is 1.85. The van der Waals surface area contributed by atoms with Gasteiger partial charge in [-0.05, 0) is 42.5 Å². The molecule has 0 atom stereocenters. The summed E-state index contributed by atoms with van der Waals surface area (Å²) in [7, 11) is 0. The van der Waals surface area contributed by atoms with E-state index in [4.69, 9.17) is 0 Å². The van der Waals surface area contributed by atoms with Gasteiger partial charge in [-0.25, -0.2) is 0 Å². The van der Waals surface area contributed by atoms with Crippen LogP contribution in [0, 0.1) is 0 Å². The lowest BCUT2D eigenvalue weighted by molar-refractivity contribution is 0.0311. The van der Waals surface area contributed by atoms with E-state index in [1.165, 1.54) is 0 Å². The van der Waals surface area contributed by atoms with Crippen LogP contribution in [0.15, 0.2) is 36.5 Å². The Labute approximate surface area is 128 Å². The molecule has 0 spiro atoms. The number of benzene rings is 1. The molecule has 0 saturated carbocycles. The molecular formula is C16H18N2O2S. The van der Waals surface area contributed by atoms with E-state index in [1.54, 1.807) is 12.3 Å². The van der Waals surface area contributed by atoms with Crippen LogP contribution in [0.5, 0.6) is 0 Å². The van der Waals surface area contributed by atoms with Crippen LogP contribution in [0.25, 0.3) is 10.9 Å². The molecule has 3 rings (SSSR count). The van der Waals surface area contributed by atoms with Gasteiger partial charge in [0.25, 0.3) is 5.91 Å². The Morgan fingerprint density at radius 2 is 2.10 bits per heavy atom. The molecule has 1 saturated heterocycles. The summed E-state index contributed by atoms with van der Waals surface area (Å²) in [6.07, 6.45) is 3.18. The first-order chi connectivity index (χ1) is 10.2. The van der Waals surface area contributed by atoms with Crippen molar-refractivity contribution < 1.29 is 9.90 Å². The lowest BCUT2D eigenvalue weighted by Crippen LogP contribution is -2.45. The number of carbonyl (C=O) groups is 1. The van der Waals surface area contributed by atoms with Crippen LogP contribution in [-0.2, 0) is 0 Å². The maximum atomic E-state index is 12.4. The summed E-state index contributed by atoms with van der Waals surface area (Å²) in [5.41, 5.74) is 0.649. The third kappa shape index (κ3) is 3.19. The molecule has 1 aromatic carbocycles.